The minimum Gasteiger partial charge on any atom is -0.496 e. The van der Waals surface area contributed by atoms with E-state index < -0.39 is 0 Å². The van der Waals surface area contributed by atoms with Crippen LogP contribution in [0.5, 0.6) is 5.75 Å². The largest absolute Gasteiger partial charge is 0.496 e. The Balaban J connectivity index is 0.983. The summed E-state index contributed by atoms with van der Waals surface area (Å²) >= 11 is 0. The molecule has 3 heterocycles. The Kier molecular flexibility index (Phi) is 9.55. The van der Waals surface area contributed by atoms with Crippen LogP contribution in [0.2, 0.25) is 0 Å². The van der Waals surface area contributed by atoms with Gasteiger partial charge in [-0.1, -0.05) is 12.1 Å². The fraction of sp³-hybridized carbons (Fsp3) is 0.610. The fourth-order valence-corrected chi connectivity index (χ4v) is 9.25. The lowest BCUT2D eigenvalue weighted by Crippen LogP contribution is -2.52. The highest BCUT2D eigenvalue weighted by atomic mass is 16.6. The molecule has 2 aromatic heterocycles. The van der Waals surface area contributed by atoms with Gasteiger partial charge >= 0.3 is 6.09 Å². The zero-order valence-corrected chi connectivity index (χ0v) is 30.2. The highest BCUT2D eigenvalue weighted by molar-refractivity contribution is 5.94. The standard InChI is InChI=1S/C41H52N4O6/c1-27-23-31(7-10-34(27)48-2)41-17-14-40(15-18-41,16-19-41)26-45(36-24-30(11-20-42-36)35-25-43-37(51-35)28-3-4-28)38(46)29-5-8-33(9-6-29)50-39(47)44-32-12-21-49-22-13-32/h7,10-11,20,23-25,28-29,32-33H,3-6,8-9,12-19,21-22,26H2,1-2H3,(H,44,47). The minimum absolute atomic E-state index is 0.0462. The monoisotopic (exact) mass is 696 g/mol. The Hall–Kier alpha value is -3.92. The van der Waals surface area contributed by atoms with Crippen molar-refractivity contribution in [1.29, 1.82) is 0 Å². The van der Waals surface area contributed by atoms with Crippen molar-refractivity contribution in [3.05, 3.63) is 59.7 Å². The van der Waals surface area contributed by atoms with Crippen LogP contribution in [-0.2, 0) is 19.7 Å². The van der Waals surface area contributed by atoms with Gasteiger partial charge in [-0.05, 0) is 137 Å². The molecular weight excluding hydrogens is 644 g/mol. The molecule has 0 atom stereocenters. The Morgan fingerprint density at radius 2 is 1.67 bits per heavy atom. The van der Waals surface area contributed by atoms with E-state index >= 15 is 0 Å². The third kappa shape index (κ3) is 7.26. The van der Waals surface area contributed by atoms with E-state index in [1.807, 2.05) is 17.0 Å². The molecule has 1 N–H and O–H groups in total. The lowest BCUT2D eigenvalue weighted by Gasteiger charge is -2.55. The number of rotatable bonds is 10. The van der Waals surface area contributed by atoms with Gasteiger partial charge in [0.25, 0.3) is 0 Å². The number of hydrogen-bond donors (Lipinski definition) is 1. The van der Waals surface area contributed by atoms with Crippen LogP contribution in [0.25, 0.3) is 11.3 Å². The van der Waals surface area contributed by atoms with Gasteiger partial charge in [-0.15, -0.1) is 0 Å². The minimum atomic E-state index is -0.355. The van der Waals surface area contributed by atoms with Crippen LogP contribution in [0.1, 0.15) is 113 Å². The number of pyridine rings is 1. The van der Waals surface area contributed by atoms with Crippen LogP contribution >= 0.6 is 0 Å². The number of fused-ring (bicyclic) bond motifs is 3. The normalized spacial score (nSPS) is 27.9. The number of carbonyl (C=O) groups is 2. The van der Waals surface area contributed by atoms with Crippen molar-refractivity contribution >= 4 is 17.8 Å². The van der Waals surface area contributed by atoms with E-state index in [2.05, 4.69) is 35.4 Å². The van der Waals surface area contributed by atoms with Crippen molar-refractivity contribution in [3.8, 4) is 17.1 Å². The van der Waals surface area contributed by atoms with Gasteiger partial charge in [0, 0.05) is 49.4 Å². The zero-order valence-electron chi connectivity index (χ0n) is 30.2. The van der Waals surface area contributed by atoms with Gasteiger partial charge in [0.2, 0.25) is 5.91 Å². The molecule has 0 unspecified atom stereocenters. The van der Waals surface area contributed by atoms with E-state index in [9.17, 15) is 9.59 Å². The van der Waals surface area contributed by atoms with Gasteiger partial charge in [0.1, 0.15) is 17.7 Å². The number of aryl methyl sites for hydroxylation is 1. The topological polar surface area (TPSA) is 116 Å². The van der Waals surface area contributed by atoms with Gasteiger partial charge in [0.15, 0.2) is 11.7 Å². The first-order chi connectivity index (χ1) is 24.8. The number of ether oxygens (including phenoxy) is 3. The van der Waals surface area contributed by atoms with Gasteiger partial charge in [-0.25, -0.2) is 14.8 Å². The summed E-state index contributed by atoms with van der Waals surface area (Å²) in [6.07, 6.45) is 16.3. The molecule has 272 valence electrons. The highest BCUT2D eigenvalue weighted by Crippen LogP contribution is 2.58. The Morgan fingerprint density at radius 1 is 0.922 bits per heavy atom. The van der Waals surface area contributed by atoms with Crippen LogP contribution in [0.4, 0.5) is 10.6 Å². The summed E-state index contributed by atoms with van der Waals surface area (Å²) in [5.74, 6) is 3.55. The molecule has 3 aromatic rings. The number of methoxy groups -OCH3 is 1. The van der Waals surface area contributed by atoms with Crippen LogP contribution in [0, 0.1) is 18.3 Å². The van der Waals surface area contributed by atoms with Crippen molar-refractivity contribution < 1.29 is 28.2 Å². The summed E-state index contributed by atoms with van der Waals surface area (Å²) in [6, 6.07) is 10.8. The second-order valence-corrected chi connectivity index (χ2v) is 16.0. The summed E-state index contributed by atoms with van der Waals surface area (Å²) in [7, 11) is 1.73. The number of anilines is 1. The van der Waals surface area contributed by atoms with Crippen molar-refractivity contribution in [2.75, 3.05) is 31.8 Å². The summed E-state index contributed by atoms with van der Waals surface area (Å²) in [5, 5.41) is 3.01. The van der Waals surface area contributed by atoms with Gasteiger partial charge < -0.3 is 23.9 Å². The molecule has 51 heavy (non-hydrogen) atoms. The number of nitrogens with zero attached hydrogens (tertiary/aromatic N) is 3. The van der Waals surface area contributed by atoms with Crippen LogP contribution in [-0.4, -0.2) is 61.0 Å². The zero-order chi connectivity index (χ0) is 35.0. The molecule has 6 fully saturated rings. The predicted octanol–water partition coefficient (Wildman–Crippen LogP) is 8.02. The van der Waals surface area contributed by atoms with Crippen LogP contribution < -0.4 is 15.0 Å². The fourth-order valence-electron chi connectivity index (χ4n) is 9.25. The molecule has 2 amide bonds. The first-order valence-corrected chi connectivity index (χ1v) is 19.3. The van der Waals surface area contributed by atoms with E-state index in [1.54, 1.807) is 19.5 Å². The summed E-state index contributed by atoms with van der Waals surface area (Å²) < 4.78 is 23.0. The van der Waals surface area contributed by atoms with Crippen LogP contribution in [0.15, 0.2) is 47.1 Å². The first-order valence-electron chi connectivity index (χ1n) is 19.3. The SMILES string of the molecule is COc1ccc(C23CCC(CN(C(=O)C4CCC(OC(=O)NC5CCOCC5)CC4)c4cc(-c5cnc(C6CC6)o5)ccn4)(CC2)CC3)cc1C. The van der Waals surface area contributed by atoms with E-state index in [-0.39, 0.29) is 40.9 Å². The number of nitrogens with one attached hydrogen (secondary N) is 1. The molecule has 10 heteroatoms. The average Bonchev–Trinajstić information content (AvgIpc) is 3.90. The smallest absolute Gasteiger partial charge is 0.407 e. The Bertz CT molecular complexity index is 1700. The second-order valence-electron chi connectivity index (χ2n) is 16.0. The highest BCUT2D eigenvalue weighted by Gasteiger charge is 2.51. The number of hydrogen-bond acceptors (Lipinski definition) is 8. The Morgan fingerprint density at radius 3 is 2.35 bits per heavy atom. The summed E-state index contributed by atoms with van der Waals surface area (Å²) in [4.78, 5) is 38.7. The first kappa shape index (κ1) is 34.2. The molecule has 2 bridgehead atoms. The van der Waals surface area contributed by atoms with Crippen molar-refractivity contribution in [2.24, 2.45) is 11.3 Å². The second kappa shape index (κ2) is 14.2. The molecule has 1 aromatic carbocycles. The van der Waals surface area contributed by atoms with Gasteiger partial charge in [-0.3, -0.25) is 9.69 Å². The van der Waals surface area contributed by atoms with Crippen molar-refractivity contribution in [2.45, 2.75) is 120 Å². The number of benzene rings is 1. The maximum absolute atomic E-state index is 14.7. The summed E-state index contributed by atoms with van der Waals surface area (Å²) in [5.41, 5.74) is 3.74. The number of alkyl carbamates (subject to hydrolysis) is 1. The van der Waals surface area contributed by atoms with Crippen LogP contribution in [0.3, 0.4) is 0 Å². The lowest BCUT2D eigenvalue weighted by molar-refractivity contribution is -0.124. The predicted molar refractivity (Wildman–Crippen MR) is 193 cm³/mol. The molecular formula is C41H52N4O6. The molecule has 1 saturated heterocycles. The van der Waals surface area contributed by atoms with Crippen molar-refractivity contribution in [1.82, 2.24) is 15.3 Å². The molecule has 10 nitrogen and oxygen atoms in total. The lowest BCUT2D eigenvalue weighted by atomic mass is 9.51. The van der Waals surface area contributed by atoms with E-state index in [4.69, 9.17) is 23.6 Å². The van der Waals surface area contributed by atoms with E-state index in [0.29, 0.717) is 57.2 Å². The molecule has 0 spiro atoms. The third-order valence-corrected chi connectivity index (χ3v) is 12.8. The van der Waals surface area contributed by atoms with E-state index in [0.717, 1.165) is 87.2 Å². The molecule has 5 aliphatic carbocycles. The maximum Gasteiger partial charge on any atom is 0.407 e. The Labute approximate surface area is 301 Å². The molecule has 9 rings (SSSR count). The third-order valence-electron chi connectivity index (χ3n) is 12.8. The molecule has 0 radical (unpaired) electrons. The molecule has 1 aliphatic heterocycles. The van der Waals surface area contributed by atoms with Crippen molar-refractivity contribution in [3.63, 3.8) is 0 Å². The van der Waals surface area contributed by atoms with Gasteiger partial charge in [0.05, 0.1) is 13.3 Å². The number of oxazole rings is 1. The van der Waals surface area contributed by atoms with E-state index in [1.165, 1.54) is 11.1 Å². The quantitative estimate of drug-likeness (QED) is 0.227. The molecule has 5 saturated carbocycles. The average molecular weight is 697 g/mol. The maximum atomic E-state index is 14.7. The molecule has 6 aliphatic rings. The number of amides is 2. The summed E-state index contributed by atoms with van der Waals surface area (Å²) in [6.45, 7) is 4.12. The number of carbonyl (C=O) groups excluding carboxylic acids is 2. The van der Waals surface area contributed by atoms with Gasteiger partial charge in [-0.2, -0.15) is 0 Å². The number of aromatic nitrogens is 2.